The number of piperazine rings is 1. The Morgan fingerprint density at radius 2 is 1.25 bits per heavy atom. The van der Waals surface area contributed by atoms with E-state index >= 15 is 0 Å². The van der Waals surface area contributed by atoms with E-state index < -0.39 is 6.29 Å². The summed E-state index contributed by atoms with van der Waals surface area (Å²) in [6, 6.07) is 45.0. The van der Waals surface area contributed by atoms with Crippen LogP contribution < -0.4 is 10.6 Å². The second kappa shape index (κ2) is 17.6. The molecule has 2 aliphatic rings. The van der Waals surface area contributed by atoms with Crippen molar-refractivity contribution < 1.29 is 19.4 Å². The number of aliphatic hydroxyl groups is 1. The molecule has 0 aromatic heterocycles. The van der Waals surface area contributed by atoms with Crippen molar-refractivity contribution >= 4 is 6.03 Å². The van der Waals surface area contributed by atoms with Gasteiger partial charge in [-0.15, -0.1) is 0 Å². The zero-order chi connectivity index (χ0) is 35.5. The van der Waals surface area contributed by atoms with Gasteiger partial charge < -0.3 is 25.2 Å². The van der Waals surface area contributed by atoms with E-state index in [0.717, 1.165) is 84.6 Å². The van der Waals surface area contributed by atoms with Crippen molar-refractivity contribution in [1.29, 1.82) is 0 Å². The fourth-order valence-corrected chi connectivity index (χ4v) is 7.08. The van der Waals surface area contributed by atoms with Crippen LogP contribution in [0.4, 0.5) is 4.79 Å². The molecule has 0 saturated carbocycles. The lowest BCUT2D eigenvalue weighted by atomic mass is 9.97. The van der Waals surface area contributed by atoms with E-state index in [-0.39, 0.29) is 24.8 Å². The molecule has 0 unspecified atom stereocenters. The molecule has 5 aromatic rings. The number of ether oxygens (including phenoxy) is 2. The molecule has 2 heterocycles. The topological polar surface area (TPSA) is 86.3 Å². The first-order valence-corrected chi connectivity index (χ1v) is 18.3. The van der Waals surface area contributed by atoms with Crippen LogP contribution in [0.1, 0.15) is 52.2 Å². The van der Waals surface area contributed by atoms with Crippen molar-refractivity contribution in [3.05, 3.63) is 167 Å². The molecular formula is C44H48N4O4. The van der Waals surface area contributed by atoms with Crippen molar-refractivity contribution in [2.24, 2.45) is 0 Å². The third kappa shape index (κ3) is 9.53. The minimum atomic E-state index is -0.514. The van der Waals surface area contributed by atoms with Crippen molar-refractivity contribution in [1.82, 2.24) is 20.4 Å². The van der Waals surface area contributed by atoms with Gasteiger partial charge in [0.1, 0.15) is 0 Å². The van der Waals surface area contributed by atoms with Gasteiger partial charge >= 0.3 is 6.03 Å². The van der Waals surface area contributed by atoms with Gasteiger partial charge in [0.15, 0.2) is 6.29 Å². The van der Waals surface area contributed by atoms with Crippen molar-refractivity contribution in [2.75, 3.05) is 32.7 Å². The average Bonchev–Trinajstić information content (AvgIpc) is 3.21. The first kappa shape index (κ1) is 35.6. The summed E-state index contributed by atoms with van der Waals surface area (Å²) in [6.07, 6.45) is 0.119. The number of urea groups is 1. The average molecular weight is 697 g/mol. The summed E-state index contributed by atoms with van der Waals surface area (Å²) < 4.78 is 13.4. The van der Waals surface area contributed by atoms with Crippen LogP contribution in [0.2, 0.25) is 0 Å². The van der Waals surface area contributed by atoms with Gasteiger partial charge in [-0.1, -0.05) is 133 Å². The van der Waals surface area contributed by atoms with Crippen LogP contribution in [0.25, 0.3) is 11.1 Å². The minimum Gasteiger partial charge on any atom is -0.392 e. The van der Waals surface area contributed by atoms with E-state index in [4.69, 9.17) is 9.47 Å². The van der Waals surface area contributed by atoms with Gasteiger partial charge in [0.25, 0.3) is 0 Å². The number of rotatable bonds is 12. The molecule has 2 amide bonds. The lowest BCUT2D eigenvalue weighted by Crippen LogP contribution is -2.49. The van der Waals surface area contributed by atoms with Gasteiger partial charge in [-0.3, -0.25) is 9.80 Å². The monoisotopic (exact) mass is 696 g/mol. The summed E-state index contributed by atoms with van der Waals surface area (Å²) in [4.78, 5) is 17.6. The Labute approximate surface area is 307 Å². The Balaban J connectivity index is 1.00. The Bertz CT molecular complexity index is 1850. The highest BCUT2D eigenvalue weighted by molar-refractivity contribution is 5.75. The van der Waals surface area contributed by atoms with Crippen molar-refractivity contribution in [3.8, 4) is 11.1 Å². The molecule has 2 saturated heterocycles. The first-order chi connectivity index (χ1) is 25.6. The van der Waals surface area contributed by atoms with Crippen LogP contribution >= 0.6 is 0 Å². The zero-order valence-corrected chi connectivity index (χ0v) is 29.6. The fourth-order valence-electron chi connectivity index (χ4n) is 7.08. The lowest BCUT2D eigenvalue weighted by Gasteiger charge is -2.40. The Kier molecular flexibility index (Phi) is 12.0. The van der Waals surface area contributed by atoms with Crippen LogP contribution in [0.3, 0.4) is 0 Å². The molecule has 2 aliphatic heterocycles. The van der Waals surface area contributed by atoms with Gasteiger partial charge in [0.2, 0.25) is 0 Å². The standard InChI is InChI=1S/C44H48N4O4/c49-32-35-15-17-37(18-16-35)42-27-40(31-48-25-23-47(24-26-48)30-34-11-5-2-6-12-34)51-43(52-42)38-21-19-36(20-22-38)41-14-8-7-13-39(41)29-46-44(50)45-28-33-9-3-1-4-10-33/h1-22,40,42-43,49H,23-32H2,(H2,45,46,50)/t40-,42+,43+/m0/s1. The van der Waals surface area contributed by atoms with Crippen molar-refractivity contribution in [2.45, 2.75) is 51.2 Å². The van der Waals surface area contributed by atoms with Gasteiger partial charge in [-0.05, 0) is 38.9 Å². The molecule has 0 aliphatic carbocycles. The summed E-state index contributed by atoms with van der Waals surface area (Å²) in [5.41, 5.74) is 8.51. The molecule has 3 N–H and O–H groups in total. The van der Waals surface area contributed by atoms with Crippen molar-refractivity contribution in [3.63, 3.8) is 0 Å². The number of benzene rings is 5. The molecule has 8 heteroatoms. The second-order valence-electron chi connectivity index (χ2n) is 13.7. The maximum atomic E-state index is 12.6. The molecule has 0 bridgehead atoms. The summed E-state index contributed by atoms with van der Waals surface area (Å²) in [5, 5.41) is 15.6. The smallest absolute Gasteiger partial charge is 0.315 e. The summed E-state index contributed by atoms with van der Waals surface area (Å²) in [6.45, 7) is 6.81. The van der Waals surface area contributed by atoms with Crippen LogP contribution in [0, 0.1) is 0 Å². The summed E-state index contributed by atoms with van der Waals surface area (Å²) >= 11 is 0. The minimum absolute atomic E-state index is 0.00135. The highest BCUT2D eigenvalue weighted by Crippen LogP contribution is 2.39. The second-order valence-corrected chi connectivity index (χ2v) is 13.7. The van der Waals surface area contributed by atoms with Gasteiger partial charge in [-0.25, -0.2) is 4.79 Å². The molecule has 5 aromatic carbocycles. The number of hydrogen-bond acceptors (Lipinski definition) is 6. The van der Waals surface area contributed by atoms with E-state index in [2.05, 4.69) is 93.2 Å². The van der Waals surface area contributed by atoms with E-state index in [9.17, 15) is 9.90 Å². The summed E-state index contributed by atoms with van der Waals surface area (Å²) in [5.74, 6) is 0. The predicted octanol–water partition coefficient (Wildman–Crippen LogP) is 7.21. The molecule has 3 atom stereocenters. The third-order valence-corrected chi connectivity index (χ3v) is 10.0. The quantitative estimate of drug-likeness (QED) is 0.128. The fraction of sp³-hybridized carbons (Fsp3) is 0.295. The van der Waals surface area contributed by atoms with E-state index in [1.807, 2.05) is 60.7 Å². The normalized spacial score (nSPS) is 19.6. The predicted molar refractivity (Wildman–Crippen MR) is 204 cm³/mol. The third-order valence-electron chi connectivity index (χ3n) is 10.0. The first-order valence-electron chi connectivity index (χ1n) is 18.3. The number of nitrogens with zero attached hydrogens (tertiary/aromatic N) is 2. The van der Waals surface area contributed by atoms with Crippen LogP contribution in [0.15, 0.2) is 133 Å². The maximum Gasteiger partial charge on any atom is 0.315 e. The van der Waals surface area contributed by atoms with Crippen LogP contribution in [-0.2, 0) is 35.7 Å². The number of carbonyl (C=O) groups excluding carboxylic acids is 1. The Morgan fingerprint density at radius 3 is 1.96 bits per heavy atom. The van der Waals surface area contributed by atoms with E-state index in [1.165, 1.54) is 5.56 Å². The van der Waals surface area contributed by atoms with E-state index in [0.29, 0.717) is 13.1 Å². The molecule has 8 nitrogen and oxygen atoms in total. The number of aliphatic hydroxyl groups excluding tert-OH is 1. The number of amides is 2. The lowest BCUT2D eigenvalue weighted by molar-refractivity contribution is -0.253. The summed E-state index contributed by atoms with van der Waals surface area (Å²) in [7, 11) is 0. The number of nitrogens with one attached hydrogen (secondary N) is 2. The maximum absolute atomic E-state index is 12.6. The number of carbonyl (C=O) groups is 1. The van der Waals surface area contributed by atoms with E-state index in [1.54, 1.807) is 0 Å². The molecule has 52 heavy (non-hydrogen) atoms. The molecule has 0 radical (unpaired) electrons. The molecule has 7 rings (SSSR count). The Hall–Kier alpha value is -4.83. The van der Waals surface area contributed by atoms with Gasteiger partial charge in [-0.2, -0.15) is 0 Å². The Morgan fingerprint density at radius 1 is 0.635 bits per heavy atom. The molecular weight excluding hydrogens is 649 g/mol. The molecule has 0 spiro atoms. The largest absolute Gasteiger partial charge is 0.392 e. The molecule has 268 valence electrons. The highest BCUT2D eigenvalue weighted by atomic mass is 16.7. The van der Waals surface area contributed by atoms with Gasteiger partial charge in [0, 0.05) is 64.3 Å². The van der Waals surface area contributed by atoms with Crippen LogP contribution in [0.5, 0.6) is 0 Å². The van der Waals surface area contributed by atoms with Crippen LogP contribution in [-0.4, -0.2) is 59.8 Å². The van der Waals surface area contributed by atoms with Gasteiger partial charge in [0.05, 0.1) is 18.8 Å². The molecule has 2 fully saturated rings. The zero-order valence-electron chi connectivity index (χ0n) is 29.6. The SMILES string of the molecule is O=C(NCc1ccccc1)NCc1ccccc1-c1ccc([C@@H]2O[C@H](CN3CCN(Cc4ccccc4)CC3)C[C@H](c3ccc(CO)cc3)O2)cc1. The number of hydrogen-bond donors (Lipinski definition) is 3. The highest BCUT2D eigenvalue weighted by Gasteiger charge is 2.34.